The van der Waals surface area contributed by atoms with Crippen LogP contribution in [0.3, 0.4) is 0 Å². The summed E-state index contributed by atoms with van der Waals surface area (Å²) in [7, 11) is 0. The Bertz CT molecular complexity index is 235. The molecular weight excluding hydrogens is 204 g/mol. The third kappa shape index (κ3) is 2.95. The van der Waals surface area contributed by atoms with E-state index in [1.807, 2.05) is 4.90 Å². The maximum atomic E-state index is 12.3. The fraction of sp³-hybridized carbons (Fsp3) is 0.917. The van der Waals surface area contributed by atoms with Gasteiger partial charge in [-0.3, -0.25) is 4.79 Å². The lowest BCUT2D eigenvalue weighted by Crippen LogP contribution is -2.41. The van der Waals surface area contributed by atoms with Gasteiger partial charge in [-0.05, 0) is 38.6 Å². The monoisotopic (exact) mass is 226 g/mol. The van der Waals surface area contributed by atoms with Crippen molar-refractivity contribution in [1.82, 2.24) is 4.90 Å². The minimum Gasteiger partial charge on any atom is -0.381 e. The van der Waals surface area contributed by atoms with Gasteiger partial charge in [0.1, 0.15) is 0 Å². The third-order valence-corrected chi connectivity index (χ3v) is 3.38. The van der Waals surface area contributed by atoms with Gasteiger partial charge in [-0.2, -0.15) is 0 Å². The van der Waals surface area contributed by atoms with Gasteiger partial charge < -0.3 is 15.4 Å². The molecule has 0 aromatic heterocycles. The van der Waals surface area contributed by atoms with Crippen LogP contribution < -0.4 is 5.73 Å². The van der Waals surface area contributed by atoms with Crippen molar-refractivity contribution >= 4 is 5.91 Å². The van der Waals surface area contributed by atoms with Crippen molar-refractivity contribution in [1.29, 1.82) is 0 Å². The zero-order chi connectivity index (χ0) is 11.4. The van der Waals surface area contributed by atoms with Crippen molar-refractivity contribution in [2.45, 2.75) is 38.1 Å². The lowest BCUT2D eigenvalue weighted by atomic mass is 10.0. The second-order valence-corrected chi connectivity index (χ2v) is 4.82. The largest absolute Gasteiger partial charge is 0.381 e. The highest BCUT2D eigenvalue weighted by atomic mass is 16.5. The van der Waals surface area contributed by atoms with E-state index in [4.69, 9.17) is 10.5 Å². The summed E-state index contributed by atoms with van der Waals surface area (Å²) >= 11 is 0. The van der Waals surface area contributed by atoms with Crippen molar-refractivity contribution in [3.8, 4) is 0 Å². The Labute approximate surface area is 97.1 Å². The summed E-state index contributed by atoms with van der Waals surface area (Å²) in [5.74, 6) is 0.405. The number of hydrogen-bond acceptors (Lipinski definition) is 3. The van der Waals surface area contributed by atoms with Crippen molar-refractivity contribution in [3.63, 3.8) is 0 Å². The van der Waals surface area contributed by atoms with Crippen LogP contribution >= 0.6 is 0 Å². The Morgan fingerprint density at radius 2 is 2.19 bits per heavy atom. The Morgan fingerprint density at radius 3 is 2.75 bits per heavy atom. The first-order valence-corrected chi connectivity index (χ1v) is 6.41. The number of ether oxygens (including phenoxy) is 1. The minimum absolute atomic E-state index is 0.104. The molecule has 1 heterocycles. The molecule has 92 valence electrons. The highest BCUT2D eigenvalue weighted by molar-refractivity contribution is 5.79. The van der Waals surface area contributed by atoms with Crippen LogP contribution in [0.15, 0.2) is 0 Å². The van der Waals surface area contributed by atoms with Crippen molar-refractivity contribution in [3.05, 3.63) is 0 Å². The van der Waals surface area contributed by atoms with Crippen molar-refractivity contribution in [2.24, 2.45) is 11.7 Å². The molecule has 16 heavy (non-hydrogen) atoms. The maximum absolute atomic E-state index is 12.3. The number of carbonyl (C=O) groups excluding carboxylic acids is 1. The molecule has 2 fully saturated rings. The molecule has 0 aromatic carbocycles. The van der Waals surface area contributed by atoms with E-state index in [0.717, 1.165) is 32.4 Å². The molecule has 1 atom stereocenters. The Hall–Kier alpha value is -0.610. The van der Waals surface area contributed by atoms with Crippen LogP contribution in [0.25, 0.3) is 0 Å². The molecule has 2 rings (SSSR count). The fourth-order valence-corrected chi connectivity index (χ4v) is 2.29. The van der Waals surface area contributed by atoms with Crippen LogP contribution in [0.5, 0.6) is 0 Å². The number of hydrogen-bond donors (Lipinski definition) is 1. The molecule has 1 amide bonds. The fourth-order valence-electron chi connectivity index (χ4n) is 2.29. The second-order valence-electron chi connectivity index (χ2n) is 4.82. The predicted octanol–water partition coefficient (Wildman–Crippen LogP) is 0.753. The Morgan fingerprint density at radius 1 is 1.38 bits per heavy atom. The van der Waals surface area contributed by atoms with E-state index in [1.165, 1.54) is 12.8 Å². The van der Waals surface area contributed by atoms with Gasteiger partial charge in [-0.15, -0.1) is 0 Å². The summed E-state index contributed by atoms with van der Waals surface area (Å²) < 4.78 is 5.39. The average molecular weight is 226 g/mol. The van der Waals surface area contributed by atoms with E-state index in [1.54, 1.807) is 0 Å². The topological polar surface area (TPSA) is 55.6 Å². The molecule has 1 unspecified atom stereocenters. The van der Waals surface area contributed by atoms with Crippen LogP contribution in [0.4, 0.5) is 0 Å². The predicted molar refractivity (Wildman–Crippen MR) is 61.9 cm³/mol. The molecule has 0 radical (unpaired) electrons. The molecule has 2 N–H and O–H groups in total. The number of nitrogens with zero attached hydrogens (tertiary/aromatic N) is 1. The molecule has 4 heteroatoms. The molecule has 0 aromatic rings. The van der Waals surface area contributed by atoms with Gasteiger partial charge in [0.05, 0.1) is 12.5 Å². The standard InChI is InChI=1S/C12H22N2O2/c13-6-2-7-14(11-4-5-11)12(15)10-3-1-8-16-9-10/h10-11H,1-9,13H2. The molecule has 1 aliphatic heterocycles. The van der Waals surface area contributed by atoms with E-state index in [9.17, 15) is 4.79 Å². The smallest absolute Gasteiger partial charge is 0.228 e. The van der Waals surface area contributed by atoms with E-state index in [-0.39, 0.29) is 5.92 Å². The van der Waals surface area contributed by atoms with Gasteiger partial charge in [0.15, 0.2) is 0 Å². The normalized spacial score (nSPS) is 25.4. The van der Waals surface area contributed by atoms with Gasteiger partial charge >= 0.3 is 0 Å². The van der Waals surface area contributed by atoms with Crippen LogP contribution in [-0.4, -0.2) is 43.2 Å². The molecule has 0 bridgehead atoms. The molecule has 1 saturated heterocycles. The number of rotatable bonds is 5. The molecule has 1 aliphatic carbocycles. The van der Waals surface area contributed by atoms with Gasteiger partial charge in [0.25, 0.3) is 0 Å². The summed E-state index contributed by atoms with van der Waals surface area (Å²) in [4.78, 5) is 14.3. The van der Waals surface area contributed by atoms with Crippen LogP contribution in [0.1, 0.15) is 32.1 Å². The van der Waals surface area contributed by atoms with Crippen molar-refractivity contribution in [2.75, 3.05) is 26.3 Å². The summed E-state index contributed by atoms with van der Waals surface area (Å²) in [6, 6.07) is 0.501. The number of carbonyl (C=O) groups is 1. The van der Waals surface area contributed by atoms with E-state index in [0.29, 0.717) is 25.1 Å². The van der Waals surface area contributed by atoms with Gasteiger partial charge in [0.2, 0.25) is 5.91 Å². The third-order valence-electron chi connectivity index (χ3n) is 3.38. The molecule has 0 spiro atoms. The lowest BCUT2D eigenvalue weighted by molar-refractivity contribution is -0.140. The molecule has 2 aliphatic rings. The highest BCUT2D eigenvalue weighted by Crippen LogP contribution is 2.29. The Kier molecular flexibility index (Phi) is 4.18. The quantitative estimate of drug-likeness (QED) is 0.752. The first-order chi connectivity index (χ1) is 7.83. The van der Waals surface area contributed by atoms with E-state index < -0.39 is 0 Å². The summed E-state index contributed by atoms with van der Waals surface area (Å²) in [6.07, 6.45) is 5.26. The first kappa shape index (κ1) is 11.9. The lowest BCUT2D eigenvalue weighted by Gasteiger charge is -2.29. The van der Waals surface area contributed by atoms with Gasteiger partial charge in [-0.25, -0.2) is 0 Å². The van der Waals surface area contributed by atoms with Gasteiger partial charge in [-0.1, -0.05) is 0 Å². The SMILES string of the molecule is NCCCN(C(=O)C1CCCOC1)C1CC1. The van der Waals surface area contributed by atoms with Gasteiger partial charge in [0, 0.05) is 19.2 Å². The van der Waals surface area contributed by atoms with Crippen LogP contribution in [0, 0.1) is 5.92 Å². The Balaban J connectivity index is 1.87. The highest BCUT2D eigenvalue weighted by Gasteiger charge is 2.35. The van der Waals surface area contributed by atoms with Crippen molar-refractivity contribution < 1.29 is 9.53 Å². The van der Waals surface area contributed by atoms with Crippen LogP contribution in [0.2, 0.25) is 0 Å². The minimum atomic E-state index is 0.104. The molecular formula is C12H22N2O2. The summed E-state index contributed by atoms with van der Waals surface area (Å²) in [5, 5.41) is 0. The average Bonchev–Trinajstić information content (AvgIpc) is 3.15. The van der Waals surface area contributed by atoms with Crippen LogP contribution in [-0.2, 0) is 9.53 Å². The molecule has 4 nitrogen and oxygen atoms in total. The van der Waals surface area contributed by atoms with E-state index >= 15 is 0 Å². The number of nitrogens with two attached hydrogens (primary N) is 1. The zero-order valence-corrected chi connectivity index (χ0v) is 9.86. The first-order valence-electron chi connectivity index (χ1n) is 6.41. The van der Waals surface area contributed by atoms with E-state index in [2.05, 4.69) is 0 Å². The summed E-state index contributed by atoms with van der Waals surface area (Å²) in [5.41, 5.74) is 5.51. The zero-order valence-electron chi connectivity index (χ0n) is 9.86. The second kappa shape index (κ2) is 5.64. The molecule has 1 saturated carbocycles. The number of amides is 1. The summed E-state index contributed by atoms with van der Waals surface area (Å²) in [6.45, 7) is 2.93. The maximum Gasteiger partial charge on any atom is 0.228 e.